The SMILES string of the molecule is Cc1noc(C)c1-c1cc(-c2c(N)ccnc2C2CC2)c2[nH]c(=O)[nH]c2c1. The van der Waals surface area contributed by atoms with Crippen molar-refractivity contribution in [2.45, 2.75) is 32.6 Å². The second kappa shape index (κ2) is 5.57. The molecule has 4 aromatic rings. The number of hydrogen-bond acceptors (Lipinski definition) is 5. The Morgan fingerprint density at radius 1 is 1.19 bits per heavy atom. The van der Waals surface area contributed by atoms with Gasteiger partial charge in [-0.05, 0) is 50.5 Å². The lowest BCUT2D eigenvalue weighted by molar-refractivity contribution is 0.393. The van der Waals surface area contributed by atoms with Gasteiger partial charge < -0.3 is 20.2 Å². The lowest BCUT2D eigenvalue weighted by atomic mass is 9.94. The van der Waals surface area contributed by atoms with E-state index in [4.69, 9.17) is 10.3 Å². The van der Waals surface area contributed by atoms with Crippen LogP contribution in [-0.4, -0.2) is 20.1 Å². The highest BCUT2D eigenvalue weighted by Crippen LogP contribution is 2.46. The summed E-state index contributed by atoms with van der Waals surface area (Å²) in [6.45, 7) is 3.79. The van der Waals surface area contributed by atoms with Crippen LogP contribution in [0.4, 0.5) is 5.69 Å². The molecule has 5 rings (SSSR count). The maximum atomic E-state index is 12.0. The molecule has 1 aromatic carbocycles. The number of imidazole rings is 1. The third-order valence-electron chi connectivity index (χ3n) is 5.19. The van der Waals surface area contributed by atoms with Crippen LogP contribution in [0.3, 0.4) is 0 Å². The van der Waals surface area contributed by atoms with E-state index in [9.17, 15) is 4.79 Å². The van der Waals surface area contributed by atoms with E-state index >= 15 is 0 Å². The number of benzene rings is 1. The number of anilines is 1. The number of nitrogens with one attached hydrogen (secondary N) is 2. The first-order valence-electron chi connectivity index (χ1n) is 8.97. The van der Waals surface area contributed by atoms with Gasteiger partial charge in [-0.1, -0.05) is 5.16 Å². The number of rotatable bonds is 3. The molecule has 27 heavy (non-hydrogen) atoms. The summed E-state index contributed by atoms with van der Waals surface area (Å²) in [4.78, 5) is 22.4. The summed E-state index contributed by atoms with van der Waals surface area (Å²) in [6.07, 6.45) is 3.97. The third kappa shape index (κ3) is 2.46. The van der Waals surface area contributed by atoms with Crippen molar-refractivity contribution in [2.75, 3.05) is 5.73 Å². The Kier molecular flexibility index (Phi) is 3.28. The maximum absolute atomic E-state index is 12.0. The molecule has 4 N–H and O–H groups in total. The molecule has 0 bridgehead atoms. The minimum atomic E-state index is -0.252. The molecule has 1 fully saturated rings. The number of nitrogen functional groups attached to an aromatic ring is 1. The van der Waals surface area contributed by atoms with Crippen molar-refractivity contribution in [1.29, 1.82) is 0 Å². The summed E-state index contributed by atoms with van der Waals surface area (Å²) in [6, 6.07) is 5.78. The number of aromatic nitrogens is 4. The number of nitrogens with two attached hydrogens (primary N) is 1. The minimum Gasteiger partial charge on any atom is -0.398 e. The second-order valence-electron chi connectivity index (χ2n) is 7.16. The predicted molar refractivity (Wildman–Crippen MR) is 104 cm³/mol. The molecule has 0 unspecified atom stereocenters. The number of pyridine rings is 1. The van der Waals surface area contributed by atoms with E-state index in [0.29, 0.717) is 11.6 Å². The first-order valence-corrected chi connectivity index (χ1v) is 8.97. The highest BCUT2D eigenvalue weighted by atomic mass is 16.5. The largest absolute Gasteiger partial charge is 0.398 e. The fourth-order valence-electron chi connectivity index (χ4n) is 3.83. The lowest BCUT2D eigenvalue weighted by Gasteiger charge is -2.14. The molecule has 0 aliphatic heterocycles. The molecule has 7 nitrogen and oxygen atoms in total. The topological polar surface area (TPSA) is 114 Å². The van der Waals surface area contributed by atoms with Gasteiger partial charge in [0.1, 0.15) is 5.76 Å². The summed E-state index contributed by atoms with van der Waals surface area (Å²) >= 11 is 0. The number of aromatic amines is 2. The zero-order valence-electron chi connectivity index (χ0n) is 15.1. The Morgan fingerprint density at radius 3 is 2.70 bits per heavy atom. The Bertz CT molecular complexity index is 1220. The van der Waals surface area contributed by atoms with Gasteiger partial charge in [-0.15, -0.1) is 0 Å². The average Bonchev–Trinajstić information content (AvgIpc) is 3.33. The van der Waals surface area contributed by atoms with Gasteiger partial charge in [0, 0.05) is 34.5 Å². The molecular weight excluding hydrogens is 342 g/mol. The summed E-state index contributed by atoms with van der Waals surface area (Å²) in [5.41, 5.74) is 13.6. The van der Waals surface area contributed by atoms with Crippen molar-refractivity contribution in [1.82, 2.24) is 20.1 Å². The van der Waals surface area contributed by atoms with Crippen molar-refractivity contribution in [3.8, 4) is 22.3 Å². The third-order valence-corrected chi connectivity index (χ3v) is 5.19. The molecule has 136 valence electrons. The quantitative estimate of drug-likeness (QED) is 0.515. The van der Waals surface area contributed by atoms with Crippen LogP contribution in [0.1, 0.15) is 35.9 Å². The van der Waals surface area contributed by atoms with E-state index in [1.165, 1.54) is 0 Å². The van der Waals surface area contributed by atoms with Gasteiger partial charge in [-0.25, -0.2) is 4.79 Å². The van der Waals surface area contributed by atoms with Crippen LogP contribution in [0.2, 0.25) is 0 Å². The summed E-state index contributed by atoms with van der Waals surface area (Å²) in [5.74, 6) is 1.16. The molecule has 3 heterocycles. The van der Waals surface area contributed by atoms with Gasteiger partial charge in [0.25, 0.3) is 0 Å². The molecule has 1 aliphatic rings. The van der Waals surface area contributed by atoms with Crippen LogP contribution < -0.4 is 11.4 Å². The van der Waals surface area contributed by atoms with Gasteiger partial charge in [-0.3, -0.25) is 4.98 Å². The van der Waals surface area contributed by atoms with Gasteiger partial charge in [-0.2, -0.15) is 0 Å². The van der Waals surface area contributed by atoms with E-state index in [2.05, 4.69) is 20.1 Å². The molecule has 0 saturated heterocycles. The van der Waals surface area contributed by atoms with Gasteiger partial charge >= 0.3 is 5.69 Å². The molecule has 0 radical (unpaired) electrons. The van der Waals surface area contributed by atoms with Crippen molar-refractivity contribution in [2.24, 2.45) is 0 Å². The normalized spacial score (nSPS) is 14.1. The summed E-state index contributed by atoms with van der Waals surface area (Å²) in [5, 5.41) is 4.06. The summed E-state index contributed by atoms with van der Waals surface area (Å²) in [7, 11) is 0. The van der Waals surface area contributed by atoms with Crippen LogP contribution in [-0.2, 0) is 0 Å². The molecular formula is C20H19N5O2. The highest BCUT2D eigenvalue weighted by Gasteiger charge is 2.30. The Morgan fingerprint density at radius 2 is 2.00 bits per heavy atom. The van der Waals surface area contributed by atoms with Crippen LogP contribution >= 0.6 is 0 Å². The van der Waals surface area contributed by atoms with Crippen molar-refractivity contribution >= 4 is 16.7 Å². The van der Waals surface area contributed by atoms with Crippen LogP contribution in [0.15, 0.2) is 33.7 Å². The zero-order valence-corrected chi connectivity index (χ0v) is 15.1. The number of hydrogen-bond donors (Lipinski definition) is 3. The fourth-order valence-corrected chi connectivity index (χ4v) is 3.83. The highest BCUT2D eigenvalue weighted by molar-refractivity contribution is 5.99. The van der Waals surface area contributed by atoms with Crippen LogP contribution in [0.25, 0.3) is 33.3 Å². The Hall–Kier alpha value is -3.35. The minimum absolute atomic E-state index is 0.252. The molecule has 0 amide bonds. The van der Waals surface area contributed by atoms with Crippen LogP contribution in [0.5, 0.6) is 0 Å². The lowest BCUT2D eigenvalue weighted by Crippen LogP contribution is -2.01. The van der Waals surface area contributed by atoms with E-state index in [0.717, 1.165) is 63.3 Å². The number of aryl methyl sites for hydroxylation is 2. The first kappa shape index (κ1) is 15.9. The fraction of sp³-hybridized carbons (Fsp3) is 0.250. The molecule has 0 atom stereocenters. The van der Waals surface area contributed by atoms with Gasteiger partial charge in [0.05, 0.1) is 22.4 Å². The van der Waals surface area contributed by atoms with Gasteiger partial charge in [0.2, 0.25) is 0 Å². The molecule has 0 spiro atoms. The molecule has 1 aliphatic carbocycles. The van der Waals surface area contributed by atoms with E-state index in [1.54, 1.807) is 12.3 Å². The molecule has 7 heteroatoms. The second-order valence-corrected chi connectivity index (χ2v) is 7.16. The van der Waals surface area contributed by atoms with E-state index in [1.807, 2.05) is 26.0 Å². The number of fused-ring (bicyclic) bond motifs is 1. The average molecular weight is 361 g/mol. The monoisotopic (exact) mass is 361 g/mol. The standard InChI is InChI=1S/C20H19N5O2/c1-9-16(10(2)27-25-9)12-7-13(19-15(8-12)23-20(26)24-19)17-14(21)5-6-22-18(17)11-3-4-11/h5-8,11H,3-4H2,1-2H3,(H2,21,22)(H2,23,24,26). The van der Waals surface area contributed by atoms with E-state index < -0.39 is 0 Å². The van der Waals surface area contributed by atoms with Crippen LogP contribution in [0, 0.1) is 13.8 Å². The van der Waals surface area contributed by atoms with Gasteiger partial charge in [0.15, 0.2) is 0 Å². The smallest absolute Gasteiger partial charge is 0.323 e. The molecule has 1 saturated carbocycles. The zero-order chi connectivity index (χ0) is 18.7. The van der Waals surface area contributed by atoms with E-state index in [-0.39, 0.29) is 5.69 Å². The summed E-state index contributed by atoms with van der Waals surface area (Å²) < 4.78 is 5.34. The Balaban J connectivity index is 1.87. The van der Waals surface area contributed by atoms with Crippen molar-refractivity contribution < 1.29 is 4.52 Å². The first-order chi connectivity index (χ1) is 13.0. The van der Waals surface area contributed by atoms with Crippen molar-refractivity contribution in [3.05, 3.63) is 52.0 Å². The number of nitrogens with zero attached hydrogens (tertiary/aromatic N) is 2. The molecule has 3 aromatic heterocycles. The predicted octanol–water partition coefficient (Wildman–Crippen LogP) is 3.65. The Labute approximate surface area is 154 Å². The maximum Gasteiger partial charge on any atom is 0.323 e. The number of H-pyrrole nitrogens is 2. The van der Waals surface area contributed by atoms with Crippen molar-refractivity contribution in [3.63, 3.8) is 0 Å².